The van der Waals surface area contributed by atoms with Crippen LogP contribution in [-0.2, 0) is 0 Å². The Hall–Kier alpha value is -0.0400. The highest BCUT2D eigenvalue weighted by Crippen LogP contribution is 2.19. The molecule has 0 saturated carbocycles. The van der Waals surface area contributed by atoms with Crippen molar-refractivity contribution >= 4 is 0 Å². The van der Waals surface area contributed by atoms with E-state index in [2.05, 4.69) is 0 Å². The first-order chi connectivity index (χ1) is 5.26. The molecule has 1 rings (SSSR count). The van der Waals surface area contributed by atoms with Crippen molar-refractivity contribution in [2.24, 2.45) is 5.92 Å². The number of hydrogen-bond donors (Lipinski definition) is 0. The quantitative estimate of drug-likeness (QED) is 0.486. The van der Waals surface area contributed by atoms with Crippen LogP contribution in [0.2, 0.25) is 0 Å². The molecule has 0 aromatic carbocycles. The summed E-state index contributed by atoms with van der Waals surface area (Å²) in [5, 5.41) is 0. The Morgan fingerprint density at radius 1 is 1.67 bits per heavy atom. The molecule has 0 aromatic rings. The van der Waals surface area contributed by atoms with Crippen LogP contribution in [0.25, 0.3) is 0 Å². The van der Waals surface area contributed by atoms with Crippen molar-refractivity contribution in [1.29, 1.82) is 0 Å². The third-order valence-electron chi connectivity index (χ3n) is 1.89. The molecule has 1 aliphatic heterocycles. The number of rotatable bonds is 0. The lowest BCUT2D eigenvalue weighted by Crippen LogP contribution is -2.36. The zero-order chi connectivity index (χ0) is 9.57. The highest BCUT2D eigenvalue weighted by atomic mass is 15.1. The fourth-order valence-corrected chi connectivity index (χ4v) is 1.14. The Morgan fingerprint density at radius 2 is 2.33 bits per heavy atom. The van der Waals surface area contributed by atoms with Crippen LogP contribution in [0.1, 0.15) is 30.8 Å². The Labute approximate surface area is 62.3 Å². The van der Waals surface area contributed by atoms with Crippen LogP contribution in [0.4, 0.5) is 0 Å². The lowest BCUT2D eigenvalue weighted by Gasteiger charge is -2.33. The highest BCUT2D eigenvalue weighted by molar-refractivity contribution is 4.73. The summed E-state index contributed by atoms with van der Waals surface area (Å²) >= 11 is 0. The van der Waals surface area contributed by atoms with Gasteiger partial charge in [-0.2, -0.15) is 0 Å². The predicted molar refractivity (Wildman–Crippen MR) is 40.5 cm³/mol. The molecule has 0 bridgehead atoms. The van der Waals surface area contributed by atoms with E-state index in [-0.39, 0.29) is 0 Å². The molecular weight excluding hydrogens is 110 g/mol. The van der Waals surface area contributed by atoms with Crippen molar-refractivity contribution in [3.63, 3.8) is 0 Å². The molecule has 54 valence electrons. The van der Waals surface area contributed by atoms with E-state index >= 15 is 0 Å². The van der Waals surface area contributed by atoms with Crippen molar-refractivity contribution in [3.8, 4) is 0 Å². The first-order valence-corrected chi connectivity index (χ1v) is 3.50. The van der Waals surface area contributed by atoms with Gasteiger partial charge in [-0.3, -0.25) is 0 Å². The SMILES string of the molecule is [3H]C1([3H])CC(C)CC([3H])(C)N1C. The van der Waals surface area contributed by atoms with Crippen molar-refractivity contribution in [1.82, 2.24) is 4.90 Å². The molecule has 1 heterocycles. The molecule has 1 fully saturated rings. The molecule has 0 amide bonds. The second kappa shape index (κ2) is 2.70. The molecule has 0 radical (unpaired) electrons. The number of nitrogens with zero attached hydrogens (tertiary/aromatic N) is 1. The van der Waals surface area contributed by atoms with Crippen LogP contribution in [0.15, 0.2) is 0 Å². The summed E-state index contributed by atoms with van der Waals surface area (Å²) in [5.74, 6) is 0.304. The molecule has 1 nitrogen and oxygen atoms in total. The minimum atomic E-state index is -1.31. The minimum absolute atomic E-state index is 0.304. The van der Waals surface area contributed by atoms with Crippen molar-refractivity contribution in [2.45, 2.75) is 32.7 Å². The molecule has 0 N–H and O–H groups in total. The maximum absolute atomic E-state index is 7.90. The van der Waals surface area contributed by atoms with E-state index in [1.54, 1.807) is 14.0 Å². The van der Waals surface area contributed by atoms with Crippen LogP contribution in [0, 0.1) is 5.92 Å². The molecular formula is C8H17N. The molecule has 2 unspecified atom stereocenters. The second-order valence-electron chi connectivity index (χ2n) is 2.97. The Kier molecular flexibility index (Phi) is 1.19. The maximum Gasteiger partial charge on any atom is 0.0464 e. The molecule has 0 aromatic heterocycles. The standard InChI is InChI=1S/C8H17N/c1-7-4-5-9(3)8(2)6-7/h7-8H,4-6H2,1-3H3/i5T2,8T. The first kappa shape index (κ1) is 3.97. The van der Waals surface area contributed by atoms with E-state index in [9.17, 15) is 0 Å². The third kappa shape index (κ3) is 1.68. The van der Waals surface area contributed by atoms with Crippen molar-refractivity contribution in [2.75, 3.05) is 13.5 Å². The summed E-state index contributed by atoms with van der Waals surface area (Å²) in [4.78, 5) is 1.53. The largest absolute Gasteiger partial charge is 0.304 e. The van der Waals surface area contributed by atoms with Crippen LogP contribution in [-0.4, -0.2) is 24.5 Å². The van der Waals surface area contributed by atoms with E-state index in [4.69, 9.17) is 4.11 Å². The minimum Gasteiger partial charge on any atom is -0.304 e. The summed E-state index contributed by atoms with van der Waals surface area (Å²) in [6, 6.07) is -0.749. The van der Waals surface area contributed by atoms with Crippen LogP contribution >= 0.6 is 0 Å². The lowest BCUT2D eigenvalue weighted by atomic mass is 9.94. The molecule has 1 saturated heterocycles. The highest BCUT2D eigenvalue weighted by Gasteiger charge is 2.18. The van der Waals surface area contributed by atoms with Crippen molar-refractivity contribution in [3.05, 3.63) is 0 Å². The Bertz CT molecular complexity index is 161. The zero-order valence-corrected chi connectivity index (χ0v) is 6.44. The van der Waals surface area contributed by atoms with Crippen LogP contribution < -0.4 is 0 Å². The van der Waals surface area contributed by atoms with Gasteiger partial charge in [0.25, 0.3) is 0 Å². The summed E-state index contributed by atoms with van der Waals surface area (Å²) in [7, 11) is 1.69. The van der Waals surface area contributed by atoms with Crippen LogP contribution in [0.3, 0.4) is 0 Å². The lowest BCUT2D eigenvalue weighted by molar-refractivity contribution is 0.162. The second-order valence-corrected chi connectivity index (χ2v) is 2.97. The normalized spacial score (nSPS) is 57.7. The van der Waals surface area contributed by atoms with E-state index in [0.717, 1.165) is 6.42 Å². The van der Waals surface area contributed by atoms with Gasteiger partial charge in [0, 0.05) is 10.1 Å². The first-order valence-electron chi connectivity index (χ1n) is 5.00. The molecule has 0 spiro atoms. The number of hydrogen-bond acceptors (Lipinski definition) is 1. The topological polar surface area (TPSA) is 3.24 Å². The fraction of sp³-hybridized carbons (Fsp3) is 1.00. The molecule has 1 aliphatic rings. The molecule has 0 aliphatic carbocycles. The monoisotopic (exact) mass is 133 g/mol. The van der Waals surface area contributed by atoms with Gasteiger partial charge in [-0.15, -0.1) is 0 Å². The number of piperidine rings is 1. The van der Waals surface area contributed by atoms with Gasteiger partial charge in [0.2, 0.25) is 0 Å². The third-order valence-corrected chi connectivity index (χ3v) is 1.89. The Morgan fingerprint density at radius 3 is 2.89 bits per heavy atom. The maximum atomic E-state index is 7.90. The van der Waals surface area contributed by atoms with Crippen LogP contribution in [0.5, 0.6) is 0 Å². The zero-order valence-electron chi connectivity index (χ0n) is 9.44. The predicted octanol–water partition coefficient (Wildman–Crippen LogP) is 1.74. The average molecular weight is 133 g/mol. The van der Waals surface area contributed by atoms with Crippen molar-refractivity contribution < 1.29 is 4.11 Å². The van der Waals surface area contributed by atoms with E-state index < -0.39 is 12.5 Å². The van der Waals surface area contributed by atoms with Gasteiger partial charge in [-0.05, 0) is 39.2 Å². The van der Waals surface area contributed by atoms with Gasteiger partial charge < -0.3 is 4.90 Å². The number of likely N-dealkylation sites (tertiary alicyclic amines) is 1. The van der Waals surface area contributed by atoms with Gasteiger partial charge in [0.1, 0.15) is 0 Å². The summed E-state index contributed by atoms with van der Waals surface area (Å²) in [6.45, 7) is 2.48. The van der Waals surface area contributed by atoms with Gasteiger partial charge in [-0.1, -0.05) is 6.92 Å². The van der Waals surface area contributed by atoms with E-state index in [1.807, 2.05) is 6.92 Å². The Balaban J connectivity index is 2.84. The molecule has 1 heteroatoms. The van der Waals surface area contributed by atoms with E-state index in [0.29, 0.717) is 12.3 Å². The van der Waals surface area contributed by atoms with Gasteiger partial charge in [0.05, 0.1) is 0 Å². The van der Waals surface area contributed by atoms with Gasteiger partial charge >= 0.3 is 0 Å². The summed E-state index contributed by atoms with van der Waals surface area (Å²) < 4.78 is 23.3. The summed E-state index contributed by atoms with van der Waals surface area (Å²) in [6.07, 6.45) is 1.29. The fourth-order valence-electron chi connectivity index (χ4n) is 1.14. The molecule has 2 atom stereocenters. The van der Waals surface area contributed by atoms with Gasteiger partial charge in [0.15, 0.2) is 0 Å². The molecule has 9 heavy (non-hydrogen) atoms. The van der Waals surface area contributed by atoms with E-state index in [1.165, 1.54) is 4.90 Å². The average Bonchev–Trinajstić information content (AvgIpc) is 1.80. The van der Waals surface area contributed by atoms with Gasteiger partial charge in [-0.25, -0.2) is 0 Å². The smallest absolute Gasteiger partial charge is 0.0464 e. The summed E-state index contributed by atoms with van der Waals surface area (Å²) in [5.41, 5.74) is 0.